The first kappa shape index (κ1) is 17.9. The Bertz CT molecular complexity index is 881. The maximum atomic E-state index is 6.12. The average Bonchev–Trinajstić information content (AvgIpc) is 2.74. The molecule has 0 spiro atoms. The summed E-state index contributed by atoms with van der Waals surface area (Å²) in [5.74, 6) is 1.82. The van der Waals surface area contributed by atoms with Crippen molar-refractivity contribution in [1.29, 1.82) is 0 Å². The van der Waals surface area contributed by atoms with Crippen molar-refractivity contribution in [2.75, 3.05) is 24.6 Å². The van der Waals surface area contributed by atoms with Crippen molar-refractivity contribution in [2.24, 2.45) is 0 Å². The molecule has 140 valence electrons. The lowest BCUT2D eigenvalue weighted by Crippen LogP contribution is -2.40. The van der Waals surface area contributed by atoms with Crippen molar-refractivity contribution >= 4 is 16.7 Å². The zero-order valence-corrected chi connectivity index (χ0v) is 16.0. The third-order valence-electron chi connectivity index (χ3n) is 5.14. The van der Waals surface area contributed by atoms with E-state index in [2.05, 4.69) is 42.2 Å². The smallest absolute Gasteiger partial charge is 0.162 e. The minimum atomic E-state index is 0.291. The minimum absolute atomic E-state index is 0.291. The second kappa shape index (κ2) is 8.49. The van der Waals surface area contributed by atoms with Crippen LogP contribution in [-0.4, -0.2) is 35.8 Å². The van der Waals surface area contributed by atoms with Gasteiger partial charge in [-0.2, -0.15) is 0 Å². The number of benzene rings is 2. The molecular formula is C23H27N3O. The molecule has 4 rings (SSSR count). The van der Waals surface area contributed by atoms with Gasteiger partial charge in [-0.15, -0.1) is 0 Å². The van der Waals surface area contributed by atoms with Gasteiger partial charge in [-0.05, 0) is 31.4 Å². The van der Waals surface area contributed by atoms with E-state index in [1.807, 2.05) is 24.3 Å². The highest BCUT2D eigenvalue weighted by Gasteiger charge is 2.23. The van der Waals surface area contributed by atoms with Gasteiger partial charge < -0.3 is 9.64 Å². The predicted molar refractivity (Wildman–Crippen MR) is 111 cm³/mol. The van der Waals surface area contributed by atoms with Crippen molar-refractivity contribution in [3.63, 3.8) is 0 Å². The topological polar surface area (TPSA) is 38.2 Å². The van der Waals surface area contributed by atoms with E-state index < -0.39 is 0 Å². The Morgan fingerprint density at radius 2 is 1.85 bits per heavy atom. The Hall–Kier alpha value is -2.46. The number of para-hydroxylation sites is 1. The summed E-state index contributed by atoms with van der Waals surface area (Å²) in [5.41, 5.74) is 2.05. The van der Waals surface area contributed by atoms with Crippen molar-refractivity contribution in [3.8, 4) is 11.4 Å². The summed E-state index contributed by atoms with van der Waals surface area (Å²) in [6.07, 6.45) is 4.86. The molecule has 0 amide bonds. The van der Waals surface area contributed by atoms with Crippen LogP contribution in [0.3, 0.4) is 0 Å². The molecule has 2 heterocycles. The van der Waals surface area contributed by atoms with Gasteiger partial charge in [0.1, 0.15) is 5.82 Å². The van der Waals surface area contributed by atoms with E-state index in [9.17, 15) is 0 Å². The van der Waals surface area contributed by atoms with Crippen molar-refractivity contribution in [1.82, 2.24) is 9.97 Å². The van der Waals surface area contributed by atoms with Crippen LogP contribution in [0.4, 0.5) is 5.82 Å². The van der Waals surface area contributed by atoms with Crippen LogP contribution in [0.2, 0.25) is 0 Å². The number of aromatic nitrogens is 2. The summed E-state index contributed by atoms with van der Waals surface area (Å²) in [6.45, 7) is 4.98. The highest BCUT2D eigenvalue weighted by atomic mass is 16.5. The van der Waals surface area contributed by atoms with Gasteiger partial charge in [0.05, 0.1) is 11.6 Å². The normalized spacial score (nSPS) is 17.4. The SMILES string of the molecule is CCCCOC1CCCN(c2nc(-c3ccccc3)nc3ccccc23)C1. The molecule has 1 saturated heterocycles. The van der Waals surface area contributed by atoms with Crippen LogP contribution in [0.1, 0.15) is 32.6 Å². The average molecular weight is 361 g/mol. The van der Waals surface area contributed by atoms with E-state index in [0.29, 0.717) is 6.10 Å². The zero-order valence-electron chi connectivity index (χ0n) is 16.0. The highest BCUT2D eigenvalue weighted by Crippen LogP contribution is 2.29. The molecule has 1 atom stereocenters. The molecule has 1 fully saturated rings. The summed E-state index contributed by atoms with van der Waals surface area (Å²) in [6, 6.07) is 18.5. The summed E-state index contributed by atoms with van der Waals surface area (Å²) in [4.78, 5) is 12.2. The number of anilines is 1. The Kier molecular flexibility index (Phi) is 5.64. The maximum Gasteiger partial charge on any atom is 0.162 e. The monoisotopic (exact) mass is 361 g/mol. The number of rotatable bonds is 6. The predicted octanol–water partition coefficient (Wildman–Crippen LogP) is 5.08. The number of hydrogen-bond acceptors (Lipinski definition) is 4. The van der Waals surface area contributed by atoms with Crippen LogP contribution in [0.15, 0.2) is 54.6 Å². The lowest BCUT2D eigenvalue weighted by atomic mass is 10.1. The first-order chi connectivity index (χ1) is 13.3. The standard InChI is InChI=1S/C23H27N3O/c1-2-3-16-27-19-12-9-15-26(17-19)23-20-13-7-8-14-21(20)24-22(25-23)18-10-5-4-6-11-18/h4-8,10-11,13-14,19H,2-3,9,12,15-17H2,1H3. The number of piperidine rings is 1. The van der Waals surface area contributed by atoms with Crippen LogP contribution in [-0.2, 0) is 4.74 Å². The van der Waals surface area contributed by atoms with E-state index in [-0.39, 0.29) is 0 Å². The molecule has 1 aliphatic rings. The molecule has 2 aromatic carbocycles. The van der Waals surface area contributed by atoms with Crippen LogP contribution in [0, 0.1) is 0 Å². The number of ether oxygens (including phenoxy) is 1. The third-order valence-corrected chi connectivity index (χ3v) is 5.14. The van der Waals surface area contributed by atoms with Crippen LogP contribution in [0.25, 0.3) is 22.3 Å². The molecule has 4 heteroatoms. The number of fused-ring (bicyclic) bond motifs is 1. The van der Waals surface area contributed by atoms with E-state index in [1.54, 1.807) is 0 Å². The van der Waals surface area contributed by atoms with E-state index in [1.165, 1.54) is 6.42 Å². The molecule has 0 radical (unpaired) electrons. The van der Waals surface area contributed by atoms with Gasteiger partial charge in [0.2, 0.25) is 0 Å². The summed E-state index contributed by atoms with van der Waals surface area (Å²) in [7, 11) is 0. The van der Waals surface area contributed by atoms with Gasteiger partial charge in [0.15, 0.2) is 5.82 Å². The van der Waals surface area contributed by atoms with Crippen molar-refractivity contribution < 1.29 is 4.74 Å². The molecule has 0 N–H and O–H groups in total. The first-order valence-corrected chi connectivity index (χ1v) is 10.0. The first-order valence-electron chi connectivity index (χ1n) is 10.0. The van der Waals surface area contributed by atoms with E-state index >= 15 is 0 Å². The second-order valence-corrected chi connectivity index (χ2v) is 7.19. The quantitative estimate of drug-likeness (QED) is 0.574. The Morgan fingerprint density at radius 1 is 1.04 bits per heavy atom. The molecule has 0 aliphatic carbocycles. The third kappa shape index (κ3) is 4.11. The fourth-order valence-corrected chi connectivity index (χ4v) is 3.68. The maximum absolute atomic E-state index is 6.12. The Labute approximate surface area is 161 Å². The molecule has 0 saturated carbocycles. The van der Waals surface area contributed by atoms with Gasteiger partial charge in [-0.1, -0.05) is 55.8 Å². The fourth-order valence-electron chi connectivity index (χ4n) is 3.68. The van der Waals surface area contributed by atoms with Crippen LogP contribution < -0.4 is 4.90 Å². The molecule has 1 unspecified atom stereocenters. The lowest BCUT2D eigenvalue weighted by Gasteiger charge is -2.34. The number of unbranched alkanes of at least 4 members (excludes halogenated alkanes) is 1. The summed E-state index contributed by atoms with van der Waals surface area (Å²) < 4.78 is 6.12. The molecule has 1 aromatic heterocycles. The van der Waals surface area contributed by atoms with Crippen LogP contribution in [0.5, 0.6) is 0 Å². The van der Waals surface area contributed by atoms with Gasteiger partial charge in [0.25, 0.3) is 0 Å². The molecule has 0 bridgehead atoms. The molecular weight excluding hydrogens is 334 g/mol. The Morgan fingerprint density at radius 3 is 2.70 bits per heavy atom. The van der Waals surface area contributed by atoms with E-state index in [0.717, 1.165) is 67.1 Å². The molecule has 1 aliphatic heterocycles. The number of hydrogen-bond donors (Lipinski definition) is 0. The zero-order chi connectivity index (χ0) is 18.5. The Balaban J connectivity index is 1.67. The second-order valence-electron chi connectivity index (χ2n) is 7.19. The molecule has 3 aromatic rings. The molecule has 4 nitrogen and oxygen atoms in total. The van der Waals surface area contributed by atoms with Gasteiger partial charge >= 0.3 is 0 Å². The van der Waals surface area contributed by atoms with Crippen molar-refractivity contribution in [3.05, 3.63) is 54.6 Å². The minimum Gasteiger partial charge on any atom is -0.376 e. The van der Waals surface area contributed by atoms with Gasteiger partial charge in [-0.25, -0.2) is 9.97 Å². The van der Waals surface area contributed by atoms with E-state index in [4.69, 9.17) is 14.7 Å². The number of nitrogens with zero attached hydrogens (tertiary/aromatic N) is 3. The fraction of sp³-hybridized carbons (Fsp3) is 0.391. The highest BCUT2D eigenvalue weighted by molar-refractivity contribution is 5.91. The van der Waals surface area contributed by atoms with Gasteiger partial charge in [0, 0.05) is 30.6 Å². The van der Waals surface area contributed by atoms with Crippen LogP contribution >= 0.6 is 0 Å². The molecule has 27 heavy (non-hydrogen) atoms. The largest absolute Gasteiger partial charge is 0.376 e. The van der Waals surface area contributed by atoms with Gasteiger partial charge in [-0.3, -0.25) is 0 Å². The lowest BCUT2D eigenvalue weighted by molar-refractivity contribution is 0.0418. The van der Waals surface area contributed by atoms with Crippen molar-refractivity contribution in [2.45, 2.75) is 38.7 Å². The summed E-state index contributed by atoms with van der Waals surface area (Å²) >= 11 is 0. The summed E-state index contributed by atoms with van der Waals surface area (Å²) in [5, 5.41) is 1.12.